The van der Waals surface area contributed by atoms with E-state index in [0.717, 1.165) is 35.0 Å². The van der Waals surface area contributed by atoms with Crippen LogP contribution in [-0.2, 0) is 11.2 Å². The van der Waals surface area contributed by atoms with Crippen LogP contribution in [0.1, 0.15) is 18.4 Å². The van der Waals surface area contributed by atoms with E-state index in [2.05, 4.69) is 31.9 Å². The maximum Gasteiger partial charge on any atom is 0.149 e. The van der Waals surface area contributed by atoms with Gasteiger partial charge in [0.05, 0.1) is 16.4 Å². The van der Waals surface area contributed by atoms with Crippen LogP contribution in [0.2, 0.25) is 0 Å². The van der Waals surface area contributed by atoms with Crippen LogP contribution in [0, 0.1) is 5.92 Å². The summed E-state index contributed by atoms with van der Waals surface area (Å²) in [7, 11) is 1.64. The Kier molecular flexibility index (Phi) is 4.26. The second-order valence-corrected chi connectivity index (χ2v) is 6.28. The topological polar surface area (TPSA) is 26.3 Å². The molecule has 0 aliphatic heterocycles. The van der Waals surface area contributed by atoms with Crippen molar-refractivity contribution in [3.8, 4) is 5.75 Å². The Bertz CT molecular complexity index is 427. The summed E-state index contributed by atoms with van der Waals surface area (Å²) in [5, 5.41) is 0. The quantitative estimate of drug-likeness (QED) is 0.746. The van der Waals surface area contributed by atoms with Gasteiger partial charge in [0.1, 0.15) is 11.5 Å². The number of ketones is 1. The van der Waals surface area contributed by atoms with Crippen molar-refractivity contribution in [3.05, 3.63) is 28.2 Å². The first-order valence-electron chi connectivity index (χ1n) is 5.62. The molecule has 0 spiro atoms. The number of Topliss-reactive ketones (excluding diaryl/α,β-unsaturated/α-hetero) is 1. The van der Waals surface area contributed by atoms with Crippen LogP contribution in [0.4, 0.5) is 0 Å². The summed E-state index contributed by atoms with van der Waals surface area (Å²) in [6.45, 7) is 0. The number of benzene rings is 1. The monoisotopic (exact) mass is 360 g/mol. The van der Waals surface area contributed by atoms with Gasteiger partial charge in [0.25, 0.3) is 0 Å². The molecule has 0 saturated heterocycles. The second kappa shape index (κ2) is 5.53. The van der Waals surface area contributed by atoms with Gasteiger partial charge in [-0.15, -0.1) is 0 Å². The Morgan fingerprint density at radius 2 is 2.24 bits per heavy atom. The Balaban J connectivity index is 2.02. The van der Waals surface area contributed by atoms with Crippen molar-refractivity contribution in [3.63, 3.8) is 0 Å². The standard InChI is InChI=1S/C13H14Br2O2/c1-17-12-5-2-8(6-10(12)14)7-11(15)13(16)9-3-4-9/h2,5-6,9,11H,3-4,7H2,1H3. The van der Waals surface area contributed by atoms with Gasteiger partial charge in [-0.1, -0.05) is 22.0 Å². The highest BCUT2D eigenvalue weighted by Gasteiger charge is 2.33. The first kappa shape index (κ1) is 13.1. The molecule has 2 rings (SSSR count). The molecule has 0 aromatic heterocycles. The van der Waals surface area contributed by atoms with Gasteiger partial charge >= 0.3 is 0 Å². The Morgan fingerprint density at radius 3 is 2.76 bits per heavy atom. The maximum absolute atomic E-state index is 11.8. The van der Waals surface area contributed by atoms with E-state index in [-0.39, 0.29) is 4.83 Å². The molecule has 4 heteroatoms. The van der Waals surface area contributed by atoms with E-state index in [1.807, 2.05) is 18.2 Å². The zero-order valence-corrected chi connectivity index (χ0v) is 12.8. The van der Waals surface area contributed by atoms with Crippen LogP contribution in [0.5, 0.6) is 5.75 Å². The van der Waals surface area contributed by atoms with E-state index in [4.69, 9.17) is 4.74 Å². The lowest BCUT2D eigenvalue weighted by Crippen LogP contribution is -2.18. The number of halogens is 2. The van der Waals surface area contributed by atoms with Crippen LogP contribution in [0.3, 0.4) is 0 Å². The molecule has 1 aliphatic carbocycles. The minimum Gasteiger partial charge on any atom is -0.496 e. The third-order valence-corrected chi connectivity index (χ3v) is 4.31. The largest absolute Gasteiger partial charge is 0.496 e. The van der Waals surface area contributed by atoms with E-state index in [1.165, 1.54) is 0 Å². The molecule has 1 fully saturated rings. The SMILES string of the molecule is COc1ccc(CC(Br)C(=O)C2CC2)cc1Br. The molecule has 2 nitrogen and oxygen atoms in total. The molecule has 0 heterocycles. The van der Waals surface area contributed by atoms with E-state index >= 15 is 0 Å². The maximum atomic E-state index is 11.8. The molecule has 0 radical (unpaired) electrons. The molecule has 1 saturated carbocycles. The predicted molar refractivity (Wildman–Crippen MR) is 74.8 cm³/mol. The molecule has 0 amide bonds. The molecule has 1 atom stereocenters. The van der Waals surface area contributed by atoms with Crippen LogP contribution >= 0.6 is 31.9 Å². The molecular weight excluding hydrogens is 348 g/mol. The van der Waals surface area contributed by atoms with Gasteiger partial charge in [0.2, 0.25) is 0 Å². The number of rotatable bonds is 5. The summed E-state index contributed by atoms with van der Waals surface area (Å²) >= 11 is 6.93. The van der Waals surface area contributed by atoms with Crippen LogP contribution in [-0.4, -0.2) is 17.7 Å². The minimum atomic E-state index is -0.0599. The number of hydrogen-bond donors (Lipinski definition) is 0. The summed E-state index contributed by atoms with van der Waals surface area (Å²) in [6, 6.07) is 5.92. The van der Waals surface area contributed by atoms with Crippen molar-refractivity contribution < 1.29 is 9.53 Å². The van der Waals surface area contributed by atoms with Crippen molar-refractivity contribution in [1.29, 1.82) is 0 Å². The average molecular weight is 362 g/mol. The van der Waals surface area contributed by atoms with E-state index < -0.39 is 0 Å². The molecule has 0 N–H and O–H groups in total. The summed E-state index contributed by atoms with van der Waals surface area (Å²) in [5.41, 5.74) is 1.13. The molecular formula is C13H14Br2O2. The second-order valence-electron chi connectivity index (χ2n) is 4.32. The van der Waals surface area contributed by atoms with E-state index in [0.29, 0.717) is 11.7 Å². The average Bonchev–Trinajstić information content (AvgIpc) is 3.12. The summed E-state index contributed by atoms with van der Waals surface area (Å²) in [4.78, 5) is 11.8. The number of alkyl halides is 1. The summed E-state index contributed by atoms with van der Waals surface area (Å²) in [6.07, 6.45) is 2.86. The third kappa shape index (κ3) is 3.32. The van der Waals surface area contributed by atoms with Crippen LogP contribution in [0.25, 0.3) is 0 Å². The van der Waals surface area contributed by atoms with Gasteiger partial charge in [-0.25, -0.2) is 0 Å². The van der Waals surface area contributed by atoms with Gasteiger partial charge in [-0.2, -0.15) is 0 Å². The van der Waals surface area contributed by atoms with E-state index in [1.54, 1.807) is 7.11 Å². The van der Waals surface area contributed by atoms with Gasteiger partial charge in [-0.05, 0) is 52.9 Å². The van der Waals surface area contributed by atoms with Gasteiger partial charge in [0.15, 0.2) is 0 Å². The Labute approximate surface area is 118 Å². The molecule has 17 heavy (non-hydrogen) atoms. The molecule has 0 bridgehead atoms. The van der Waals surface area contributed by atoms with Gasteiger partial charge in [-0.3, -0.25) is 4.79 Å². The van der Waals surface area contributed by atoms with Gasteiger partial charge < -0.3 is 4.74 Å². The molecule has 92 valence electrons. The van der Waals surface area contributed by atoms with Crippen molar-refractivity contribution >= 4 is 37.6 Å². The zero-order valence-electron chi connectivity index (χ0n) is 9.58. The lowest BCUT2D eigenvalue weighted by molar-refractivity contribution is -0.119. The van der Waals surface area contributed by atoms with Crippen molar-refractivity contribution in [2.24, 2.45) is 5.92 Å². The van der Waals surface area contributed by atoms with Crippen LogP contribution < -0.4 is 4.74 Å². The summed E-state index contributed by atoms with van der Waals surface area (Å²) < 4.78 is 6.10. The van der Waals surface area contributed by atoms with Gasteiger partial charge in [0, 0.05) is 5.92 Å². The number of methoxy groups -OCH3 is 1. The smallest absolute Gasteiger partial charge is 0.149 e. The number of carbonyl (C=O) groups is 1. The molecule has 1 aromatic rings. The highest BCUT2D eigenvalue weighted by Crippen LogP contribution is 2.34. The van der Waals surface area contributed by atoms with Crippen molar-refractivity contribution in [2.75, 3.05) is 7.11 Å². The molecule has 1 aromatic carbocycles. The van der Waals surface area contributed by atoms with Crippen molar-refractivity contribution in [1.82, 2.24) is 0 Å². The lowest BCUT2D eigenvalue weighted by Gasteiger charge is -2.10. The highest BCUT2D eigenvalue weighted by molar-refractivity contribution is 9.10. The molecule has 1 aliphatic rings. The first-order chi connectivity index (χ1) is 8.11. The Hall–Kier alpha value is -0.350. The van der Waals surface area contributed by atoms with E-state index in [9.17, 15) is 4.79 Å². The number of hydrogen-bond acceptors (Lipinski definition) is 2. The lowest BCUT2D eigenvalue weighted by atomic mass is 10.1. The fraction of sp³-hybridized carbons (Fsp3) is 0.462. The normalized spacial score (nSPS) is 16.6. The third-order valence-electron chi connectivity index (χ3n) is 2.92. The fourth-order valence-corrected chi connectivity index (χ4v) is 3.10. The molecule has 1 unspecified atom stereocenters. The minimum absolute atomic E-state index is 0.0599. The first-order valence-corrected chi connectivity index (χ1v) is 7.33. The zero-order chi connectivity index (χ0) is 12.4. The highest BCUT2D eigenvalue weighted by atomic mass is 79.9. The Morgan fingerprint density at radius 1 is 1.53 bits per heavy atom. The number of carbonyl (C=O) groups excluding carboxylic acids is 1. The predicted octanol–water partition coefficient (Wildman–Crippen LogP) is 3.74. The fourth-order valence-electron chi connectivity index (χ4n) is 1.77. The van der Waals surface area contributed by atoms with Crippen LogP contribution in [0.15, 0.2) is 22.7 Å². The van der Waals surface area contributed by atoms with Crippen molar-refractivity contribution in [2.45, 2.75) is 24.1 Å². The summed E-state index contributed by atoms with van der Waals surface area (Å²) in [5.74, 6) is 1.46. The number of ether oxygens (including phenoxy) is 1.